The van der Waals surface area contributed by atoms with Crippen molar-refractivity contribution in [2.24, 2.45) is 11.7 Å². The van der Waals surface area contributed by atoms with Crippen LogP contribution in [0.3, 0.4) is 0 Å². The molecule has 1 aromatic heterocycles. The van der Waals surface area contributed by atoms with E-state index in [2.05, 4.69) is 17.2 Å². The number of hydrogen-bond donors (Lipinski definition) is 2. The first-order chi connectivity index (χ1) is 9.69. The summed E-state index contributed by atoms with van der Waals surface area (Å²) in [4.78, 5) is 17.6. The number of aromatic nitrogens is 1. The number of hydrogen-bond acceptors (Lipinski definition) is 4. The second kappa shape index (κ2) is 7.74. The van der Waals surface area contributed by atoms with E-state index in [1.54, 1.807) is 11.3 Å². The number of amides is 1. The molecule has 4 nitrogen and oxygen atoms in total. The number of carbonyl (C=O) groups excluding carboxylic acids is 1. The molecule has 0 aliphatic heterocycles. The van der Waals surface area contributed by atoms with Gasteiger partial charge in [-0.3, -0.25) is 4.79 Å². The molecule has 20 heavy (non-hydrogen) atoms. The van der Waals surface area contributed by atoms with Gasteiger partial charge in [0.15, 0.2) is 0 Å². The van der Waals surface area contributed by atoms with Gasteiger partial charge in [-0.15, -0.1) is 11.3 Å². The van der Waals surface area contributed by atoms with E-state index in [0.717, 1.165) is 17.8 Å². The minimum atomic E-state index is -0.372. The van der Waals surface area contributed by atoms with Gasteiger partial charge in [-0.25, -0.2) is 4.98 Å². The van der Waals surface area contributed by atoms with Gasteiger partial charge in [0.25, 0.3) is 0 Å². The van der Waals surface area contributed by atoms with Crippen LogP contribution in [0.1, 0.15) is 55.3 Å². The maximum absolute atomic E-state index is 12.0. The molecule has 0 radical (unpaired) electrons. The molecular weight excluding hydrogens is 270 g/mol. The first-order valence-corrected chi connectivity index (χ1v) is 8.47. The Bertz CT molecular complexity index is 427. The fourth-order valence-electron chi connectivity index (χ4n) is 2.78. The van der Waals surface area contributed by atoms with Crippen molar-refractivity contribution >= 4 is 17.2 Å². The quantitative estimate of drug-likeness (QED) is 0.847. The first kappa shape index (κ1) is 15.4. The number of nitrogens with two attached hydrogens (primary N) is 1. The largest absolute Gasteiger partial charge is 0.348 e. The number of carbonyl (C=O) groups is 1. The lowest BCUT2D eigenvalue weighted by Crippen LogP contribution is -2.41. The van der Waals surface area contributed by atoms with Crippen molar-refractivity contribution < 1.29 is 4.79 Å². The minimum Gasteiger partial charge on any atom is -0.348 e. The zero-order valence-corrected chi connectivity index (χ0v) is 13.0. The average Bonchev–Trinajstić information content (AvgIpc) is 2.93. The van der Waals surface area contributed by atoms with E-state index in [0.29, 0.717) is 12.5 Å². The lowest BCUT2D eigenvalue weighted by atomic mass is 9.85. The molecule has 1 saturated carbocycles. The third-order valence-corrected chi connectivity index (χ3v) is 5.15. The molecule has 1 aromatic rings. The molecule has 0 aromatic carbocycles. The van der Waals surface area contributed by atoms with Crippen LogP contribution in [-0.4, -0.2) is 16.9 Å². The van der Waals surface area contributed by atoms with Crippen LogP contribution in [0.25, 0.3) is 0 Å². The predicted octanol–water partition coefficient (Wildman–Crippen LogP) is 2.62. The topological polar surface area (TPSA) is 68.0 Å². The molecule has 1 fully saturated rings. The second-order valence-corrected chi connectivity index (χ2v) is 6.84. The summed E-state index contributed by atoms with van der Waals surface area (Å²) >= 11 is 1.66. The standard InChI is InChI=1S/C15H25N3OS/c1-2-12-9-17-14(20-12)10-18-15(19)13(16)8-11-6-4-3-5-7-11/h9,11,13H,2-8,10,16H2,1H3,(H,18,19). The molecule has 0 spiro atoms. The minimum absolute atomic E-state index is 0.0381. The molecule has 0 bridgehead atoms. The van der Waals surface area contributed by atoms with E-state index in [1.165, 1.54) is 37.0 Å². The number of rotatable bonds is 6. The molecule has 3 N–H and O–H groups in total. The van der Waals surface area contributed by atoms with Gasteiger partial charge in [0.05, 0.1) is 12.6 Å². The molecule has 1 aliphatic carbocycles. The van der Waals surface area contributed by atoms with Crippen molar-refractivity contribution in [2.75, 3.05) is 0 Å². The first-order valence-electron chi connectivity index (χ1n) is 7.66. The Balaban J connectivity index is 1.72. The van der Waals surface area contributed by atoms with E-state index in [-0.39, 0.29) is 11.9 Å². The van der Waals surface area contributed by atoms with Crippen LogP contribution in [0.15, 0.2) is 6.20 Å². The fraction of sp³-hybridized carbons (Fsp3) is 0.733. The lowest BCUT2D eigenvalue weighted by Gasteiger charge is -2.24. The fourth-order valence-corrected chi connectivity index (χ4v) is 3.58. The molecule has 1 unspecified atom stereocenters. The molecule has 5 heteroatoms. The molecular formula is C15H25N3OS. The zero-order valence-electron chi connectivity index (χ0n) is 12.2. The number of nitrogens with zero attached hydrogens (tertiary/aromatic N) is 1. The summed E-state index contributed by atoms with van der Waals surface area (Å²) in [7, 11) is 0. The Labute approximate surface area is 125 Å². The maximum Gasteiger partial charge on any atom is 0.237 e. The zero-order chi connectivity index (χ0) is 14.4. The van der Waals surface area contributed by atoms with Gasteiger partial charge < -0.3 is 11.1 Å². The van der Waals surface area contributed by atoms with Crippen LogP contribution < -0.4 is 11.1 Å². The summed E-state index contributed by atoms with van der Waals surface area (Å²) in [6.07, 6.45) is 10.1. The highest BCUT2D eigenvalue weighted by Crippen LogP contribution is 2.26. The summed E-state index contributed by atoms with van der Waals surface area (Å²) < 4.78 is 0. The van der Waals surface area contributed by atoms with Crippen LogP contribution in [0, 0.1) is 5.92 Å². The van der Waals surface area contributed by atoms with Crippen molar-refractivity contribution in [3.63, 3.8) is 0 Å². The molecule has 1 aliphatic rings. The Hall–Kier alpha value is -0.940. The van der Waals surface area contributed by atoms with Crippen molar-refractivity contribution in [1.29, 1.82) is 0 Å². The summed E-state index contributed by atoms with van der Waals surface area (Å²) in [5, 5.41) is 3.87. The third-order valence-electron chi connectivity index (χ3n) is 4.01. The summed E-state index contributed by atoms with van der Waals surface area (Å²) in [5.74, 6) is 0.597. The average molecular weight is 295 g/mol. The highest BCUT2D eigenvalue weighted by Gasteiger charge is 2.21. The van der Waals surface area contributed by atoms with E-state index >= 15 is 0 Å². The smallest absolute Gasteiger partial charge is 0.237 e. The van der Waals surface area contributed by atoms with Gasteiger partial charge in [0.1, 0.15) is 5.01 Å². The second-order valence-electron chi connectivity index (χ2n) is 5.64. The van der Waals surface area contributed by atoms with Crippen LogP contribution in [-0.2, 0) is 17.8 Å². The summed E-state index contributed by atoms with van der Waals surface area (Å²) in [6.45, 7) is 2.61. The van der Waals surface area contributed by atoms with E-state index in [9.17, 15) is 4.79 Å². The Morgan fingerprint density at radius 3 is 2.90 bits per heavy atom. The maximum atomic E-state index is 12.0. The Morgan fingerprint density at radius 1 is 1.50 bits per heavy atom. The summed E-state index contributed by atoms with van der Waals surface area (Å²) in [6, 6.07) is -0.372. The van der Waals surface area contributed by atoms with Gasteiger partial charge in [0, 0.05) is 11.1 Å². The third kappa shape index (κ3) is 4.56. The van der Waals surface area contributed by atoms with Crippen molar-refractivity contribution in [1.82, 2.24) is 10.3 Å². The normalized spacial score (nSPS) is 17.9. The SMILES string of the molecule is CCc1cnc(CNC(=O)C(N)CC2CCCCC2)s1. The predicted molar refractivity (Wildman–Crippen MR) is 82.5 cm³/mol. The highest BCUT2D eigenvalue weighted by molar-refractivity contribution is 7.11. The molecule has 1 amide bonds. The lowest BCUT2D eigenvalue weighted by molar-refractivity contribution is -0.122. The summed E-state index contributed by atoms with van der Waals surface area (Å²) in [5.41, 5.74) is 6.01. The van der Waals surface area contributed by atoms with Crippen molar-refractivity contribution in [2.45, 2.75) is 64.5 Å². The van der Waals surface area contributed by atoms with Gasteiger partial charge in [0.2, 0.25) is 5.91 Å². The Morgan fingerprint density at radius 2 is 2.25 bits per heavy atom. The molecule has 1 heterocycles. The van der Waals surface area contributed by atoms with Gasteiger partial charge in [-0.05, 0) is 18.8 Å². The Kier molecular flexibility index (Phi) is 5.98. The molecule has 1 atom stereocenters. The molecule has 0 saturated heterocycles. The number of thiazole rings is 1. The monoisotopic (exact) mass is 295 g/mol. The van der Waals surface area contributed by atoms with Gasteiger partial charge in [-0.1, -0.05) is 39.0 Å². The van der Waals surface area contributed by atoms with Crippen LogP contribution in [0.2, 0.25) is 0 Å². The number of nitrogens with one attached hydrogen (secondary N) is 1. The van der Waals surface area contributed by atoms with Crippen molar-refractivity contribution in [3.8, 4) is 0 Å². The molecule has 112 valence electrons. The van der Waals surface area contributed by atoms with E-state index < -0.39 is 0 Å². The van der Waals surface area contributed by atoms with Crippen LogP contribution in [0.5, 0.6) is 0 Å². The van der Waals surface area contributed by atoms with Crippen LogP contribution >= 0.6 is 11.3 Å². The van der Waals surface area contributed by atoms with Gasteiger partial charge in [-0.2, -0.15) is 0 Å². The molecule has 2 rings (SSSR count). The van der Waals surface area contributed by atoms with E-state index in [1.807, 2.05) is 6.20 Å². The van der Waals surface area contributed by atoms with E-state index in [4.69, 9.17) is 5.73 Å². The van der Waals surface area contributed by atoms with Crippen molar-refractivity contribution in [3.05, 3.63) is 16.1 Å². The highest BCUT2D eigenvalue weighted by atomic mass is 32.1. The van der Waals surface area contributed by atoms with Crippen LogP contribution in [0.4, 0.5) is 0 Å². The number of aryl methyl sites for hydroxylation is 1. The van der Waals surface area contributed by atoms with Gasteiger partial charge >= 0.3 is 0 Å².